The van der Waals surface area contributed by atoms with Gasteiger partial charge in [-0.3, -0.25) is 4.79 Å². The number of halogens is 2. The number of carboxylic acid groups (broad SMARTS) is 1. The topological polar surface area (TPSA) is 95.9 Å². The van der Waals surface area contributed by atoms with Gasteiger partial charge in [-0.25, -0.2) is 18.4 Å². The maximum Gasteiger partial charge on any atom is 0.407 e. The fraction of sp³-hybridized carbons (Fsp3) is 0.423. The summed E-state index contributed by atoms with van der Waals surface area (Å²) in [7, 11) is 0. The number of hydrogen-bond donors (Lipinski definition) is 2. The van der Waals surface area contributed by atoms with Crippen molar-refractivity contribution in [2.45, 2.75) is 56.5 Å². The molecule has 2 atom stereocenters. The van der Waals surface area contributed by atoms with Gasteiger partial charge in [-0.2, -0.15) is 0 Å². The number of amides is 2. The number of carboxylic acids is 1. The number of nitrogens with one attached hydrogen (secondary N) is 1. The lowest BCUT2D eigenvalue weighted by atomic mass is 9.98. The Balaban J connectivity index is 1.45. The van der Waals surface area contributed by atoms with E-state index < -0.39 is 48.9 Å². The van der Waals surface area contributed by atoms with E-state index in [1.54, 1.807) is 0 Å². The summed E-state index contributed by atoms with van der Waals surface area (Å²) in [6.07, 6.45) is -0.358. The summed E-state index contributed by atoms with van der Waals surface area (Å²) in [5, 5.41) is 11.8. The first-order valence-corrected chi connectivity index (χ1v) is 11.7. The lowest BCUT2D eigenvalue weighted by Gasteiger charge is -2.27. The Labute approximate surface area is 202 Å². The molecule has 1 aliphatic heterocycles. The third-order valence-electron chi connectivity index (χ3n) is 6.62. The quantitative estimate of drug-likeness (QED) is 0.577. The van der Waals surface area contributed by atoms with Gasteiger partial charge in [-0.05, 0) is 28.7 Å². The first-order valence-electron chi connectivity index (χ1n) is 11.7. The molecule has 2 aromatic carbocycles. The van der Waals surface area contributed by atoms with Crippen LogP contribution in [0.25, 0.3) is 11.1 Å². The van der Waals surface area contributed by atoms with E-state index in [9.17, 15) is 28.3 Å². The average Bonchev–Trinajstić information content (AvgIpc) is 3.34. The van der Waals surface area contributed by atoms with Crippen LogP contribution in [0.2, 0.25) is 0 Å². The lowest BCUT2D eigenvalue weighted by Crippen LogP contribution is -2.52. The zero-order valence-corrected chi connectivity index (χ0v) is 19.4. The Kier molecular flexibility index (Phi) is 7.05. The first kappa shape index (κ1) is 24.6. The van der Waals surface area contributed by atoms with E-state index in [0.717, 1.165) is 22.3 Å². The van der Waals surface area contributed by atoms with E-state index in [2.05, 4.69) is 5.32 Å². The van der Waals surface area contributed by atoms with Gasteiger partial charge in [-0.1, -0.05) is 68.3 Å². The zero-order chi connectivity index (χ0) is 25.2. The van der Waals surface area contributed by atoms with Gasteiger partial charge in [0.1, 0.15) is 18.7 Å². The van der Waals surface area contributed by atoms with Crippen molar-refractivity contribution in [3.8, 4) is 11.1 Å². The van der Waals surface area contributed by atoms with Crippen molar-refractivity contribution in [2.75, 3.05) is 13.2 Å². The Morgan fingerprint density at radius 2 is 1.71 bits per heavy atom. The van der Waals surface area contributed by atoms with Crippen molar-refractivity contribution in [1.29, 1.82) is 0 Å². The molecular weight excluding hydrogens is 458 g/mol. The van der Waals surface area contributed by atoms with E-state index in [1.807, 2.05) is 55.5 Å². The predicted octanol–water partition coefficient (Wildman–Crippen LogP) is 4.40. The summed E-state index contributed by atoms with van der Waals surface area (Å²) in [4.78, 5) is 37.9. The SMILES string of the molecule is CCCC[C@H](NC(=O)OCC1c2ccccc2-c2ccccc21)C(=O)N1CC(F)(F)C[C@@H]1C(=O)O. The monoisotopic (exact) mass is 486 g/mol. The number of unbranched alkanes of at least 4 members (excludes halogenated alkanes) is 1. The minimum absolute atomic E-state index is 0.0358. The van der Waals surface area contributed by atoms with Crippen molar-refractivity contribution in [3.05, 3.63) is 59.7 Å². The number of ether oxygens (including phenoxy) is 1. The van der Waals surface area contributed by atoms with E-state index in [0.29, 0.717) is 17.7 Å². The maximum absolute atomic E-state index is 13.9. The van der Waals surface area contributed by atoms with Crippen LogP contribution >= 0.6 is 0 Å². The number of carbonyl (C=O) groups excluding carboxylic acids is 2. The summed E-state index contributed by atoms with van der Waals surface area (Å²) in [5.74, 6) is -5.80. The Hall–Kier alpha value is -3.49. The molecule has 186 valence electrons. The fourth-order valence-electron chi connectivity index (χ4n) is 4.92. The second-order valence-electron chi connectivity index (χ2n) is 9.04. The molecule has 7 nitrogen and oxygen atoms in total. The predicted molar refractivity (Wildman–Crippen MR) is 124 cm³/mol. The number of hydrogen-bond acceptors (Lipinski definition) is 4. The van der Waals surface area contributed by atoms with E-state index in [-0.39, 0.29) is 18.9 Å². The molecule has 1 aliphatic carbocycles. The second-order valence-corrected chi connectivity index (χ2v) is 9.04. The highest BCUT2D eigenvalue weighted by Crippen LogP contribution is 2.44. The van der Waals surface area contributed by atoms with Crippen molar-refractivity contribution in [2.24, 2.45) is 0 Å². The summed E-state index contributed by atoms with van der Waals surface area (Å²) in [5.41, 5.74) is 4.21. The van der Waals surface area contributed by atoms with Crippen LogP contribution in [0, 0.1) is 0 Å². The van der Waals surface area contributed by atoms with Crippen molar-refractivity contribution in [3.63, 3.8) is 0 Å². The molecule has 2 amide bonds. The lowest BCUT2D eigenvalue weighted by molar-refractivity contribution is -0.149. The number of benzene rings is 2. The van der Waals surface area contributed by atoms with Crippen LogP contribution in [0.1, 0.15) is 49.7 Å². The molecule has 35 heavy (non-hydrogen) atoms. The number of rotatable bonds is 8. The number of likely N-dealkylation sites (tertiary alicyclic amines) is 1. The molecule has 2 N–H and O–H groups in total. The van der Waals surface area contributed by atoms with Gasteiger partial charge < -0.3 is 20.1 Å². The second kappa shape index (κ2) is 10.0. The van der Waals surface area contributed by atoms with Crippen LogP contribution in [-0.4, -0.2) is 59.1 Å². The number of carbonyl (C=O) groups is 3. The highest BCUT2D eigenvalue weighted by Gasteiger charge is 2.51. The molecule has 0 radical (unpaired) electrons. The molecule has 2 aliphatic rings. The van der Waals surface area contributed by atoms with Gasteiger partial charge in [0.25, 0.3) is 5.92 Å². The maximum atomic E-state index is 13.9. The smallest absolute Gasteiger partial charge is 0.407 e. The molecule has 4 rings (SSSR count). The van der Waals surface area contributed by atoms with Crippen molar-refractivity contribution >= 4 is 18.0 Å². The van der Waals surface area contributed by atoms with Gasteiger partial charge in [0, 0.05) is 12.3 Å². The Bertz CT molecular complexity index is 1080. The Morgan fingerprint density at radius 3 is 2.29 bits per heavy atom. The molecule has 1 saturated heterocycles. The molecule has 2 aromatic rings. The normalized spacial score (nSPS) is 19.1. The molecule has 0 unspecified atom stereocenters. The number of alkyl carbamates (subject to hydrolysis) is 1. The third kappa shape index (κ3) is 5.13. The summed E-state index contributed by atoms with van der Waals surface area (Å²) >= 11 is 0. The van der Waals surface area contributed by atoms with Crippen LogP contribution in [-0.2, 0) is 14.3 Å². The van der Waals surface area contributed by atoms with Gasteiger partial charge in [0.05, 0.1) is 6.54 Å². The van der Waals surface area contributed by atoms with Gasteiger partial charge >= 0.3 is 12.1 Å². The molecule has 9 heteroatoms. The average molecular weight is 487 g/mol. The number of aliphatic carboxylic acids is 1. The van der Waals surface area contributed by atoms with E-state index >= 15 is 0 Å². The number of fused-ring (bicyclic) bond motifs is 3. The van der Waals surface area contributed by atoms with Crippen LogP contribution in [0.3, 0.4) is 0 Å². The van der Waals surface area contributed by atoms with Gasteiger partial charge in [0.15, 0.2) is 0 Å². The minimum atomic E-state index is -3.29. The van der Waals surface area contributed by atoms with Crippen LogP contribution in [0.5, 0.6) is 0 Å². The molecule has 1 heterocycles. The summed E-state index contributed by atoms with van der Waals surface area (Å²) < 4.78 is 33.3. The minimum Gasteiger partial charge on any atom is -0.480 e. The largest absolute Gasteiger partial charge is 0.480 e. The van der Waals surface area contributed by atoms with Crippen LogP contribution < -0.4 is 5.32 Å². The molecule has 1 fully saturated rings. The van der Waals surface area contributed by atoms with E-state index in [1.165, 1.54) is 0 Å². The Morgan fingerprint density at radius 1 is 1.11 bits per heavy atom. The highest BCUT2D eigenvalue weighted by atomic mass is 19.3. The highest BCUT2D eigenvalue weighted by molar-refractivity contribution is 5.90. The number of nitrogens with zero attached hydrogens (tertiary/aromatic N) is 1. The molecule has 0 bridgehead atoms. The number of alkyl halides is 2. The summed E-state index contributed by atoms with van der Waals surface area (Å²) in [6, 6.07) is 12.9. The van der Waals surface area contributed by atoms with Crippen LogP contribution in [0.4, 0.5) is 13.6 Å². The van der Waals surface area contributed by atoms with E-state index in [4.69, 9.17) is 4.74 Å². The molecule has 0 aromatic heterocycles. The fourth-order valence-corrected chi connectivity index (χ4v) is 4.92. The standard InChI is InChI=1S/C26H28F2N2O5/c1-2-3-12-21(23(31)30-15-26(27,28)13-22(30)24(32)33)29-25(34)35-14-20-18-10-6-4-8-16(18)17-9-5-7-11-19(17)20/h4-11,20-22H,2-3,12-15H2,1H3,(H,29,34)(H,32,33)/t21-,22+/m0/s1. The van der Waals surface area contributed by atoms with Crippen molar-refractivity contribution in [1.82, 2.24) is 10.2 Å². The van der Waals surface area contributed by atoms with Gasteiger partial charge in [-0.15, -0.1) is 0 Å². The first-order chi connectivity index (χ1) is 16.7. The molecule has 0 spiro atoms. The van der Waals surface area contributed by atoms with Crippen LogP contribution in [0.15, 0.2) is 48.5 Å². The third-order valence-corrected chi connectivity index (χ3v) is 6.62. The molecular formula is C26H28F2N2O5. The summed E-state index contributed by atoms with van der Waals surface area (Å²) in [6.45, 7) is 0.935. The van der Waals surface area contributed by atoms with Crippen molar-refractivity contribution < 1.29 is 33.0 Å². The van der Waals surface area contributed by atoms with Gasteiger partial charge in [0.2, 0.25) is 5.91 Å². The zero-order valence-electron chi connectivity index (χ0n) is 19.4. The molecule has 0 saturated carbocycles.